The lowest BCUT2D eigenvalue weighted by molar-refractivity contribution is -0.125. The van der Waals surface area contributed by atoms with E-state index in [1.165, 1.54) is 42.5 Å². The van der Waals surface area contributed by atoms with E-state index < -0.39 is 23.6 Å². The van der Waals surface area contributed by atoms with Crippen LogP contribution in [0.15, 0.2) is 89.1 Å². The summed E-state index contributed by atoms with van der Waals surface area (Å²) >= 11 is 24.5. The summed E-state index contributed by atoms with van der Waals surface area (Å²) in [4.78, 5) is 53.1. The summed E-state index contributed by atoms with van der Waals surface area (Å²) in [6.07, 6.45) is 0. The number of hydrogen-bond donors (Lipinski definition) is 2. The van der Waals surface area contributed by atoms with Crippen molar-refractivity contribution in [3.63, 3.8) is 0 Å². The number of hydrogen-bond acceptors (Lipinski definition) is 6. The van der Waals surface area contributed by atoms with E-state index in [0.29, 0.717) is 0 Å². The van der Waals surface area contributed by atoms with Gasteiger partial charge in [0.1, 0.15) is 0 Å². The molecule has 0 bridgehead atoms. The number of azo groups is 1. The van der Waals surface area contributed by atoms with Gasteiger partial charge in [0.25, 0.3) is 11.8 Å². The van der Waals surface area contributed by atoms with Gasteiger partial charge in [0.05, 0.1) is 42.7 Å². The first-order valence-electron chi connectivity index (χ1n) is 11.9. The fraction of sp³-hybridized carbons (Fsp3) is 0.0345. The minimum absolute atomic E-state index is 0.00234. The maximum Gasteiger partial charge on any atom is 0.260 e. The molecule has 8 nitrogen and oxygen atoms in total. The van der Waals surface area contributed by atoms with Gasteiger partial charge in [-0.05, 0) is 30.3 Å². The number of ketones is 2. The van der Waals surface area contributed by atoms with Crippen LogP contribution >= 0.6 is 46.4 Å². The average Bonchev–Trinajstić information content (AvgIpc) is 2.96. The lowest BCUT2D eigenvalue weighted by Crippen LogP contribution is -2.37. The maximum absolute atomic E-state index is 13.3. The summed E-state index contributed by atoms with van der Waals surface area (Å²) in [7, 11) is 0. The third kappa shape index (κ3) is 5.60. The summed E-state index contributed by atoms with van der Waals surface area (Å²) < 4.78 is 0. The van der Waals surface area contributed by atoms with Crippen molar-refractivity contribution in [2.24, 2.45) is 10.2 Å². The van der Waals surface area contributed by atoms with Crippen molar-refractivity contribution in [3.05, 3.63) is 121 Å². The number of nitrogens with one attached hydrogen (secondary N) is 2. The van der Waals surface area contributed by atoms with Gasteiger partial charge in [0.15, 0.2) is 11.6 Å². The Hall–Kier alpha value is -4.08. The van der Waals surface area contributed by atoms with Crippen LogP contribution < -0.4 is 10.6 Å². The van der Waals surface area contributed by atoms with Crippen molar-refractivity contribution >= 4 is 86.8 Å². The van der Waals surface area contributed by atoms with Crippen molar-refractivity contribution in [1.82, 2.24) is 0 Å². The first-order chi connectivity index (χ1) is 19.7. The van der Waals surface area contributed by atoms with Gasteiger partial charge in [-0.15, -0.1) is 0 Å². The Bertz CT molecular complexity index is 1730. The molecule has 0 aliphatic heterocycles. The van der Waals surface area contributed by atoms with Crippen LogP contribution in [0.3, 0.4) is 0 Å². The summed E-state index contributed by atoms with van der Waals surface area (Å²) in [5.41, 5.74) is 0.892. The normalized spacial score (nSPS) is 12.3. The molecule has 0 unspecified atom stereocenters. The molecule has 41 heavy (non-hydrogen) atoms. The van der Waals surface area contributed by atoms with E-state index in [0.717, 1.165) is 0 Å². The Balaban J connectivity index is 1.53. The zero-order valence-electron chi connectivity index (χ0n) is 20.6. The number of benzene rings is 4. The highest BCUT2D eigenvalue weighted by Gasteiger charge is 2.33. The molecule has 0 fully saturated rings. The number of carbonyl (C=O) groups excluding carboxylic acids is 4. The number of rotatable bonds is 6. The number of halogens is 4. The molecule has 4 aromatic rings. The second-order valence-corrected chi connectivity index (χ2v) is 10.3. The maximum atomic E-state index is 13.3. The fourth-order valence-electron chi connectivity index (χ4n) is 4.16. The fourth-order valence-corrected chi connectivity index (χ4v) is 4.85. The Labute approximate surface area is 253 Å². The summed E-state index contributed by atoms with van der Waals surface area (Å²) in [5.74, 6) is -2.62. The molecule has 1 aliphatic rings. The van der Waals surface area contributed by atoms with Gasteiger partial charge in [-0.25, -0.2) is 0 Å². The van der Waals surface area contributed by atoms with E-state index in [9.17, 15) is 19.2 Å². The molecular formula is C29H16Cl4N4O4. The van der Waals surface area contributed by atoms with Gasteiger partial charge >= 0.3 is 0 Å². The standard InChI is InChI=1S/C29H16Cl4N4O4/c30-17-9-4-12-20(23(17)32)34-28(40)25(29(41)35-21-13-5-10-18(31)24(21)33)37-36-19-11-3-8-16-22(19)27(39)15-7-2-1-6-14(15)26(16)38/h1-13,25H,(H,34,40)(H,35,41). The van der Waals surface area contributed by atoms with Gasteiger partial charge in [-0.2, -0.15) is 10.2 Å². The predicted octanol–water partition coefficient (Wildman–Crippen LogP) is 7.81. The molecule has 0 saturated carbocycles. The van der Waals surface area contributed by atoms with E-state index in [1.807, 2.05) is 0 Å². The van der Waals surface area contributed by atoms with Crippen molar-refractivity contribution in [2.45, 2.75) is 6.04 Å². The highest BCUT2D eigenvalue weighted by atomic mass is 35.5. The molecule has 0 atom stereocenters. The smallest absolute Gasteiger partial charge is 0.260 e. The zero-order valence-corrected chi connectivity index (χ0v) is 23.6. The molecule has 0 heterocycles. The molecule has 0 saturated heterocycles. The topological polar surface area (TPSA) is 117 Å². The lowest BCUT2D eigenvalue weighted by Gasteiger charge is -2.18. The van der Waals surface area contributed by atoms with Gasteiger partial charge in [0.2, 0.25) is 6.04 Å². The Morgan fingerprint density at radius 3 is 1.66 bits per heavy atom. The Kier molecular flexibility index (Phi) is 8.19. The summed E-state index contributed by atoms with van der Waals surface area (Å²) in [6.45, 7) is 0. The minimum atomic E-state index is -1.79. The van der Waals surface area contributed by atoms with Crippen LogP contribution in [0, 0.1) is 0 Å². The average molecular weight is 626 g/mol. The highest BCUT2D eigenvalue weighted by molar-refractivity contribution is 6.44. The third-order valence-corrected chi connectivity index (χ3v) is 7.76. The number of nitrogens with zero attached hydrogens (tertiary/aromatic N) is 2. The first kappa shape index (κ1) is 28.4. The van der Waals surface area contributed by atoms with Crippen molar-refractivity contribution in [2.75, 3.05) is 10.6 Å². The van der Waals surface area contributed by atoms with Crippen molar-refractivity contribution < 1.29 is 19.2 Å². The van der Waals surface area contributed by atoms with Gasteiger partial charge in [-0.3, -0.25) is 19.2 Å². The molecule has 5 rings (SSSR count). The van der Waals surface area contributed by atoms with E-state index in [1.54, 1.807) is 36.4 Å². The van der Waals surface area contributed by atoms with E-state index >= 15 is 0 Å². The molecule has 0 spiro atoms. The van der Waals surface area contributed by atoms with Crippen LogP contribution in [0.1, 0.15) is 31.8 Å². The van der Waals surface area contributed by atoms with Crippen LogP contribution in [-0.2, 0) is 9.59 Å². The summed E-state index contributed by atoms with van der Waals surface area (Å²) in [6, 6.07) is 18.3. The van der Waals surface area contributed by atoms with Crippen LogP contribution in [0.2, 0.25) is 20.1 Å². The molecule has 4 aromatic carbocycles. The SMILES string of the molecule is O=C1c2ccccc2C(=O)c2c(N=NC(C(=O)Nc3cccc(Cl)c3Cl)C(=O)Nc3cccc(Cl)c3Cl)cccc21. The van der Waals surface area contributed by atoms with Gasteiger partial charge in [-0.1, -0.05) is 94.9 Å². The number of amides is 2. The largest absolute Gasteiger partial charge is 0.322 e. The molecule has 12 heteroatoms. The third-order valence-electron chi connectivity index (χ3n) is 6.13. The molecule has 0 radical (unpaired) electrons. The molecule has 2 N–H and O–H groups in total. The molecule has 2 amide bonds. The van der Waals surface area contributed by atoms with E-state index in [4.69, 9.17) is 46.4 Å². The van der Waals surface area contributed by atoms with Gasteiger partial charge in [0, 0.05) is 16.7 Å². The number of anilines is 2. The molecule has 1 aliphatic carbocycles. The van der Waals surface area contributed by atoms with E-state index in [-0.39, 0.29) is 65.2 Å². The van der Waals surface area contributed by atoms with Gasteiger partial charge < -0.3 is 10.6 Å². The quantitative estimate of drug-likeness (QED) is 0.148. The zero-order chi connectivity index (χ0) is 29.3. The lowest BCUT2D eigenvalue weighted by atomic mass is 9.83. The monoisotopic (exact) mass is 624 g/mol. The Morgan fingerprint density at radius 1 is 0.610 bits per heavy atom. The first-order valence-corrected chi connectivity index (χ1v) is 13.4. The van der Waals surface area contributed by atoms with Crippen LogP contribution in [0.25, 0.3) is 0 Å². The predicted molar refractivity (Wildman–Crippen MR) is 158 cm³/mol. The molecule has 204 valence electrons. The molecular weight excluding hydrogens is 610 g/mol. The number of fused-ring (bicyclic) bond motifs is 2. The van der Waals surface area contributed by atoms with Crippen molar-refractivity contribution in [3.8, 4) is 0 Å². The van der Waals surface area contributed by atoms with E-state index in [2.05, 4.69) is 20.9 Å². The second-order valence-electron chi connectivity index (χ2n) is 8.70. The van der Waals surface area contributed by atoms with Crippen LogP contribution in [0.5, 0.6) is 0 Å². The highest BCUT2D eigenvalue weighted by Crippen LogP contribution is 2.34. The minimum Gasteiger partial charge on any atom is -0.322 e. The summed E-state index contributed by atoms with van der Waals surface area (Å²) in [5, 5.41) is 13.6. The number of carbonyl (C=O) groups is 4. The Morgan fingerprint density at radius 2 is 1.10 bits per heavy atom. The van der Waals surface area contributed by atoms with Crippen LogP contribution in [0.4, 0.5) is 17.1 Å². The van der Waals surface area contributed by atoms with Crippen LogP contribution in [-0.4, -0.2) is 29.4 Å². The second kappa shape index (κ2) is 11.8. The molecule has 0 aromatic heterocycles. The van der Waals surface area contributed by atoms with Crippen molar-refractivity contribution in [1.29, 1.82) is 0 Å².